The van der Waals surface area contributed by atoms with E-state index in [2.05, 4.69) is 10.3 Å². The quantitative estimate of drug-likeness (QED) is 0.794. The molecule has 2 N–H and O–H groups in total. The highest BCUT2D eigenvalue weighted by Crippen LogP contribution is 2.12. The first kappa shape index (κ1) is 13.9. The van der Waals surface area contributed by atoms with Crippen LogP contribution in [0.2, 0.25) is 0 Å². The molecule has 0 saturated heterocycles. The number of carboxylic acid groups (broad SMARTS) is 1. The minimum atomic E-state index is -1.08. The van der Waals surface area contributed by atoms with Gasteiger partial charge in [-0.05, 0) is 38.5 Å². The lowest BCUT2D eigenvalue weighted by Gasteiger charge is -2.14. The number of pyridine rings is 1. The molecule has 5 nitrogen and oxygen atoms in total. The molecule has 5 heteroatoms. The average Bonchev–Trinajstić information content (AvgIpc) is 2.37. The molecule has 0 saturated carbocycles. The van der Waals surface area contributed by atoms with Crippen molar-refractivity contribution in [3.05, 3.63) is 41.2 Å². The van der Waals surface area contributed by atoms with Gasteiger partial charge < -0.3 is 10.4 Å². The van der Waals surface area contributed by atoms with E-state index in [4.69, 9.17) is 5.11 Å². The molecule has 1 rings (SSSR count). The monoisotopic (exact) mass is 248 g/mol. The predicted octanol–water partition coefficient (Wildman–Crippen LogP) is 1.68. The van der Waals surface area contributed by atoms with Gasteiger partial charge in [0.05, 0.1) is 6.04 Å². The third-order valence-corrected chi connectivity index (χ3v) is 2.78. The summed E-state index contributed by atoms with van der Waals surface area (Å²) in [6.45, 7) is 4.74. The van der Waals surface area contributed by atoms with Gasteiger partial charge in [-0.1, -0.05) is 0 Å². The van der Waals surface area contributed by atoms with E-state index in [0.29, 0.717) is 0 Å². The van der Waals surface area contributed by atoms with E-state index in [-0.39, 0.29) is 23.1 Å². The van der Waals surface area contributed by atoms with Gasteiger partial charge in [-0.3, -0.25) is 9.78 Å². The Kier molecular flexibility index (Phi) is 4.59. The zero-order chi connectivity index (χ0) is 13.7. The van der Waals surface area contributed by atoms with E-state index < -0.39 is 5.97 Å². The lowest BCUT2D eigenvalue weighted by Crippen LogP contribution is -2.28. The highest BCUT2D eigenvalue weighted by atomic mass is 16.4. The van der Waals surface area contributed by atoms with Gasteiger partial charge in [0, 0.05) is 23.5 Å². The summed E-state index contributed by atoms with van der Waals surface area (Å²) in [6, 6.07) is 3.40. The number of nitrogens with one attached hydrogen (secondary N) is 1. The van der Waals surface area contributed by atoms with Crippen molar-refractivity contribution >= 4 is 11.9 Å². The number of hydrogen-bond donors (Lipinski definition) is 2. The van der Waals surface area contributed by atoms with Crippen molar-refractivity contribution in [2.75, 3.05) is 0 Å². The second-order valence-electron chi connectivity index (χ2n) is 4.03. The van der Waals surface area contributed by atoms with Crippen LogP contribution in [0.15, 0.2) is 35.7 Å². The van der Waals surface area contributed by atoms with Crippen LogP contribution in [0.5, 0.6) is 0 Å². The molecule has 96 valence electrons. The molecule has 0 bridgehead atoms. The Labute approximate surface area is 106 Å². The van der Waals surface area contributed by atoms with Crippen LogP contribution in [0.3, 0.4) is 0 Å². The number of rotatable bonds is 4. The first-order chi connectivity index (χ1) is 8.43. The zero-order valence-electron chi connectivity index (χ0n) is 10.6. The Morgan fingerprint density at radius 2 is 1.78 bits per heavy atom. The molecule has 0 aliphatic heterocycles. The lowest BCUT2D eigenvalue weighted by atomic mass is 10.1. The van der Waals surface area contributed by atoms with Crippen molar-refractivity contribution < 1.29 is 14.7 Å². The van der Waals surface area contributed by atoms with E-state index >= 15 is 0 Å². The molecule has 18 heavy (non-hydrogen) atoms. The maximum atomic E-state index is 11.8. The van der Waals surface area contributed by atoms with Crippen molar-refractivity contribution in [1.82, 2.24) is 10.3 Å². The molecule has 1 atom stereocenters. The minimum Gasteiger partial charge on any atom is -0.478 e. The van der Waals surface area contributed by atoms with Gasteiger partial charge in [-0.25, -0.2) is 4.79 Å². The molecule has 1 aromatic heterocycles. The highest BCUT2D eigenvalue weighted by molar-refractivity contribution is 6.01. The third-order valence-electron chi connectivity index (χ3n) is 2.78. The van der Waals surface area contributed by atoms with Crippen molar-refractivity contribution in [3.63, 3.8) is 0 Å². The largest absolute Gasteiger partial charge is 0.478 e. The highest BCUT2D eigenvalue weighted by Gasteiger charge is 2.15. The minimum absolute atomic E-state index is 0.0504. The fraction of sp³-hybridized carbons (Fsp3) is 0.308. The average molecular weight is 248 g/mol. The molecule has 1 amide bonds. The Morgan fingerprint density at radius 3 is 2.28 bits per heavy atom. The Morgan fingerprint density at radius 1 is 1.22 bits per heavy atom. The van der Waals surface area contributed by atoms with Gasteiger partial charge in [0.15, 0.2) is 0 Å². The van der Waals surface area contributed by atoms with Crippen LogP contribution in [0.4, 0.5) is 0 Å². The standard InChI is InChI=1S/C13H16N2O3/c1-8(9(2)13(17)18)12(16)15-10(3)11-4-6-14-7-5-11/h4-7,10H,1-3H3,(H,15,16)(H,17,18). The van der Waals surface area contributed by atoms with Crippen LogP contribution >= 0.6 is 0 Å². The number of hydrogen-bond acceptors (Lipinski definition) is 3. The normalized spacial score (nSPS) is 13.5. The van der Waals surface area contributed by atoms with Crippen LogP contribution in [0.25, 0.3) is 0 Å². The molecule has 0 radical (unpaired) electrons. The fourth-order valence-corrected chi connectivity index (χ4v) is 1.37. The molecular formula is C13H16N2O3. The first-order valence-electron chi connectivity index (χ1n) is 5.55. The summed E-state index contributed by atoms with van der Waals surface area (Å²) in [5.41, 5.74) is 1.18. The number of carboxylic acids is 1. The second-order valence-corrected chi connectivity index (χ2v) is 4.03. The van der Waals surface area contributed by atoms with Gasteiger partial charge in [0.2, 0.25) is 5.91 Å². The molecule has 1 aromatic rings. The van der Waals surface area contributed by atoms with Crippen LogP contribution in [-0.2, 0) is 9.59 Å². The van der Waals surface area contributed by atoms with Crippen molar-refractivity contribution in [3.8, 4) is 0 Å². The van der Waals surface area contributed by atoms with E-state index in [0.717, 1.165) is 5.56 Å². The van der Waals surface area contributed by atoms with E-state index in [9.17, 15) is 9.59 Å². The summed E-state index contributed by atoms with van der Waals surface area (Å²) in [5.74, 6) is -1.46. The fourth-order valence-electron chi connectivity index (χ4n) is 1.37. The van der Waals surface area contributed by atoms with Gasteiger partial charge >= 0.3 is 5.97 Å². The molecular weight excluding hydrogens is 232 g/mol. The molecule has 0 aliphatic rings. The molecule has 1 heterocycles. The molecule has 0 fully saturated rings. The number of nitrogens with zero attached hydrogens (tertiary/aromatic N) is 1. The predicted molar refractivity (Wildman–Crippen MR) is 66.8 cm³/mol. The van der Waals surface area contributed by atoms with Gasteiger partial charge in [0.25, 0.3) is 0 Å². The van der Waals surface area contributed by atoms with Gasteiger partial charge in [0.1, 0.15) is 0 Å². The van der Waals surface area contributed by atoms with Crippen LogP contribution in [0.1, 0.15) is 32.4 Å². The maximum absolute atomic E-state index is 11.8. The first-order valence-corrected chi connectivity index (χ1v) is 5.55. The second kappa shape index (κ2) is 5.95. The smallest absolute Gasteiger partial charge is 0.331 e. The van der Waals surface area contributed by atoms with E-state index in [1.54, 1.807) is 24.5 Å². The number of carbonyl (C=O) groups excluding carboxylic acids is 1. The maximum Gasteiger partial charge on any atom is 0.331 e. The van der Waals surface area contributed by atoms with E-state index in [1.165, 1.54) is 13.8 Å². The summed E-state index contributed by atoms with van der Waals surface area (Å²) >= 11 is 0. The Balaban J connectivity index is 2.78. The van der Waals surface area contributed by atoms with Crippen LogP contribution < -0.4 is 5.32 Å². The lowest BCUT2D eigenvalue weighted by molar-refractivity contribution is -0.133. The summed E-state index contributed by atoms with van der Waals surface area (Å²) in [4.78, 5) is 26.5. The number of aromatic nitrogens is 1. The number of amides is 1. The number of carbonyl (C=O) groups is 2. The van der Waals surface area contributed by atoms with E-state index in [1.807, 2.05) is 6.92 Å². The van der Waals surface area contributed by atoms with Crippen molar-refractivity contribution in [1.29, 1.82) is 0 Å². The molecule has 1 unspecified atom stereocenters. The summed E-state index contributed by atoms with van der Waals surface area (Å²) in [5, 5.41) is 11.6. The molecule has 0 aliphatic carbocycles. The van der Waals surface area contributed by atoms with Gasteiger partial charge in [-0.15, -0.1) is 0 Å². The third kappa shape index (κ3) is 3.41. The summed E-state index contributed by atoms with van der Waals surface area (Å²) in [6.07, 6.45) is 3.28. The molecule has 0 aromatic carbocycles. The van der Waals surface area contributed by atoms with Crippen LogP contribution in [-0.4, -0.2) is 22.0 Å². The van der Waals surface area contributed by atoms with Crippen molar-refractivity contribution in [2.24, 2.45) is 0 Å². The topological polar surface area (TPSA) is 79.3 Å². The number of aliphatic carboxylic acids is 1. The Hall–Kier alpha value is -2.17. The summed E-state index contributed by atoms with van der Waals surface area (Å²) in [7, 11) is 0. The Bertz CT molecular complexity index is 480. The van der Waals surface area contributed by atoms with Gasteiger partial charge in [-0.2, -0.15) is 0 Å². The summed E-state index contributed by atoms with van der Waals surface area (Å²) < 4.78 is 0. The van der Waals surface area contributed by atoms with Crippen molar-refractivity contribution in [2.45, 2.75) is 26.8 Å². The van der Waals surface area contributed by atoms with Crippen LogP contribution in [0, 0.1) is 0 Å². The SMILES string of the molecule is CC(C(=O)O)=C(C)C(=O)NC(C)c1ccncc1. The zero-order valence-corrected chi connectivity index (χ0v) is 10.6. The molecule has 0 spiro atoms.